The Labute approximate surface area is 181 Å². The van der Waals surface area contributed by atoms with E-state index < -0.39 is 41.6 Å². The van der Waals surface area contributed by atoms with Crippen molar-refractivity contribution in [1.29, 1.82) is 0 Å². The molecule has 0 bridgehead atoms. The van der Waals surface area contributed by atoms with Crippen LogP contribution in [0.5, 0.6) is 5.75 Å². The third-order valence-corrected chi connectivity index (χ3v) is 5.85. The average Bonchev–Trinajstić information content (AvgIpc) is 3.54. The summed E-state index contributed by atoms with van der Waals surface area (Å²) in [7, 11) is 1.33. The van der Waals surface area contributed by atoms with Gasteiger partial charge < -0.3 is 14.6 Å². The minimum absolute atomic E-state index is 0.0370. The van der Waals surface area contributed by atoms with Gasteiger partial charge >= 0.3 is 0 Å². The monoisotopic (exact) mass is 450 g/mol. The Morgan fingerprint density at radius 2 is 1.94 bits per heavy atom. The average molecular weight is 450 g/mol. The molecule has 1 N–H and O–H groups in total. The number of hydrogen-bond donors (Lipinski definition) is 1. The first kappa shape index (κ1) is 22.0. The molecule has 170 valence electrons. The van der Waals surface area contributed by atoms with Gasteiger partial charge in [-0.2, -0.15) is 0 Å². The van der Waals surface area contributed by atoms with Crippen LogP contribution in [0, 0.1) is 12.7 Å². The number of benzene rings is 1. The zero-order chi connectivity index (χ0) is 23.2. The molecule has 0 aliphatic heterocycles. The third kappa shape index (κ3) is 3.57. The molecule has 1 saturated carbocycles. The fourth-order valence-corrected chi connectivity index (χ4v) is 3.86. The topological polar surface area (TPSA) is 69.0 Å². The van der Waals surface area contributed by atoms with Gasteiger partial charge in [0.25, 0.3) is 12.0 Å². The summed E-state index contributed by atoms with van der Waals surface area (Å²) >= 11 is 0. The van der Waals surface area contributed by atoms with Crippen molar-refractivity contribution in [3.05, 3.63) is 57.5 Å². The molecular formula is C22H22F4N4O2. The van der Waals surface area contributed by atoms with Crippen molar-refractivity contribution in [1.82, 2.24) is 14.5 Å². The van der Waals surface area contributed by atoms with E-state index in [1.54, 1.807) is 13.8 Å². The Kier molecular flexibility index (Phi) is 5.56. The van der Waals surface area contributed by atoms with E-state index in [0.717, 1.165) is 6.07 Å². The number of hydrogen-bond acceptors (Lipinski definition) is 5. The number of fused-ring (bicyclic) bond motifs is 1. The summed E-state index contributed by atoms with van der Waals surface area (Å²) in [6.07, 6.45) is -0.448. The summed E-state index contributed by atoms with van der Waals surface area (Å²) in [6, 6.07) is 3.07. The van der Waals surface area contributed by atoms with Crippen LogP contribution in [0.4, 0.5) is 23.4 Å². The van der Waals surface area contributed by atoms with Crippen molar-refractivity contribution >= 4 is 16.7 Å². The van der Waals surface area contributed by atoms with Gasteiger partial charge in [-0.15, -0.1) is 0 Å². The summed E-state index contributed by atoms with van der Waals surface area (Å²) in [5, 5.41) is 3.41. The highest BCUT2D eigenvalue weighted by Crippen LogP contribution is 2.44. The number of alkyl halides is 3. The first-order valence-corrected chi connectivity index (χ1v) is 10.1. The van der Waals surface area contributed by atoms with Gasteiger partial charge in [0.15, 0.2) is 0 Å². The Bertz CT molecular complexity index is 1240. The number of nitrogens with zero attached hydrogens (tertiary/aromatic N) is 3. The molecule has 0 spiro atoms. The third-order valence-electron chi connectivity index (χ3n) is 5.85. The molecule has 0 saturated heterocycles. The normalized spacial score (nSPS) is 15.8. The maximum Gasteiger partial charge on any atom is 0.295 e. The Balaban J connectivity index is 1.85. The van der Waals surface area contributed by atoms with E-state index >= 15 is 0 Å². The number of pyridine rings is 1. The van der Waals surface area contributed by atoms with Gasteiger partial charge in [-0.05, 0) is 26.7 Å². The highest BCUT2D eigenvalue weighted by atomic mass is 19.3. The summed E-state index contributed by atoms with van der Waals surface area (Å²) in [5.74, 6) is -0.477. The van der Waals surface area contributed by atoms with Crippen molar-refractivity contribution in [2.75, 3.05) is 19.1 Å². The minimum atomic E-state index is -2.95. The largest absolute Gasteiger partial charge is 0.490 e. The fraction of sp³-hybridized carbons (Fsp3) is 0.409. The molecule has 1 aliphatic carbocycles. The number of rotatable bonds is 7. The lowest BCUT2D eigenvalue weighted by molar-refractivity contribution is 0.146. The maximum atomic E-state index is 14.7. The van der Waals surface area contributed by atoms with E-state index in [9.17, 15) is 22.4 Å². The molecular weight excluding hydrogens is 428 g/mol. The van der Waals surface area contributed by atoms with Crippen LogP contribution in [0.25, 0.3) is 10.9 Å². The number of halogens is 4. The van der Waals surface area contributed by atoms with Gasteiger partial charge in [-0.25, -0.2) is 27.5 Å². The van der Waals surface area contributed by atoms with Gasteiger partial charge in [-0.3, -0.25) is 4.79 Å². The second kappa shape index (κ2) is 8.07. The molecule has 1 aliphatic rings. The van der Waals surface area contributed by atoms with Crippen LogP contribution < -0.4 is 15.6 Å². The highest BCUT2D eigenvalue weighted by Gasteiger charge is 2.46. The van der Waals surface area contributed by atoms with Crippen LogP contribution in [0.2, 0.25) is 0 Å². The highest BCUT2D eigenvalue weighted by molar-refractivity contribution is 5.92. The molecule has 0 unspecified atom stereocenters. The number of anilines is 1. The molecule has 1 aromatic carbocycles. The number of nitrogens with one attached hydrogen (secondary N) is 1. The van der Waals surface area contributed by atoms with Crippen molar-refractivity contribution in [2.24, 2.45) is 0 Å². The predicted molar refractivity (Wildman–Crippen MR) is 112 cm³/mol. The zero-order valence-corrected chi connectivity index (χ0v) is 17.8. The first-order chi connectivity index (χ1) is 15.2. The minimum Gasteiger partial charge on any atom is -0.490 e. The van der Waals surface area contributed by atoms with E-state index in [1.165, 1.54) is 30.0 Å². The van der Waals surface area contributed by atoms with E-state index in [1.807, 2.05) is 0 Å². The van der Waals surface area contributed by atoms with E-state index in [4.69, 9.17) is 4.74 Å². The van der Waals surface area contributed by atoms with Crippen LogP contribution in [0.1, 0.15) is 49.2 Å². The molecule has 10 heteroatoms. The molecule has 4 rings (SSSR count). The predicted octanol–water partition coefficient (Wildman–Crippen LogP) is 4.82. The molecule has 1 fully saturated rings. The van der Waals surface area contributed by atoms with E-state index in [2.05, 4.69) is 15.3 Å². The molecule has 2 aromatic heterocycles. The van der Waals surface area contributed by atoms with E-state index in [0.29, 0.717) is 24.1 Å². The van der Waals surface area contributed by atoms with Crippen molar-refractivity contribution in [2.45, 2.75) is 44.7 Å². The molecule has 32 heavy (non-hydrogen) atoms. The van der Waals surface area contributed by atoms with Crippen LogP contribution in [0.15, 0.2) is 29.2 Å². The lowest BCUT2D eigenvalue weighted by Gasteiger charge is -2.21. The first-order valence-electron chi connectivity index (χ1n) is 10.1. The van der Waals surface area contributed by atoms with Gasteiger partial charge in [0, 0.05) is 11.8 Å². The van der Waals surface area contributed by atoms with Gasteiger partial charge in [0.2, 0.25) is 5.75 Å². The van der Waals surface area contributed by atoms with Gasteiger partial charge in [0.1, 0.15) is 29.7 Å². The van der Waals surface area contributed by atoms with Gasteiger partial charge in [-0.1, -0.05) is 18.2 Å². The van der Waals surface area contributed by atoms with Crippen molar-refractivity contribution in [3.8, 4) is 5.75 Å². The Morgan fingerprint density at radius 3 is 2.53 bits per heavy atom. The van der Waals surface area contributed by atoms with Crippen LogP contribution >= 0.6 is 0 Å². The number of ether oxygens (including phenoxy) is 1. The smallest absolute Gasteiger partial charge is 0.295 e. The number of methoxy groups -OCH3 is 1. The molecule has 3 aromatic rings. The standard InChI is InChI=1S/C22H22F4N4O2/c1-11(13-5-4-6-14(16(13)24)19(25)26)27-20-15-9-30(22(10-23)7-8-22)21(31)18(32-3)17(15)28-12(2)29-20/h4-6,9,11,19H,7-8,10H2,1-3H3,(H,27,28,29)/t11-/m1/s1. The summed E-state index contributed by atoms with van der Waals surface area (Å²) in [4.78, 5) is 21.6. The van der Waals surface area contributed by atoms with Crippen molar-refractivity contribution < 1.29 is 22.3 Å². The lowest BCUT2D eigenvalue weighted by atomic mass is 10.0. The van der Waals surface area contributed by atoms with Crippen LogP contribution in [-0.4, -0.2) is 28.3 Å². The summed E-state index contributed by atoms with van der Waals surface area (Å²) in [6.45, 7) is 2.51. The van der Waals surface area contributed by atoms with Crippen molar-refractivity contribution in [3.63, 3.8) is 0 Å². The van der Waals surface area contributed by atoms with Crippen LogP contribution in [0.3, 0.4) is 0 Å². The number of aromatic nitrogens is 3. The number of aryl methyl sites for hydroxylation is 1. The fourth-order valence-electron chi connectivity index (χ4n) is 3.86. The Hall–Kier alpha value is -3.17. The molecule has 0 amide bonds. The molecule has 6 nitrogen and oxygen atoms in total. The summed E-state index contributed by atoms with van der Waals surface area (Å²) in [5.41, 5.74) is -1.84. The summed E-state index contributed by atoms with van der Waals surface area (Å²) < 4.78 is 61.2. The van der Waals surface area contributed by atoms with Crippen LogP contribution in [-0.2, 0) is 5.54 Å². The Morgan fingerprint density at radius 1 is 1.25 bits per heavy atom. The quantitative estimate of drug-likeness (QED) is 0.523. The second-order valence-electron chi connectivity index (χ2n) is 7.99. The molecule has 2 heterocycles. The molecule has 1 atom stereocenters. The second-order valence-corrected chi connectivity index (χ2v) is 7.99. The maximum absolute atomic E-state index is 14.7. The SMILES string of the molecule is COc1c(=O)n(C2(CF)CC2)cc2c(N[C@H](C)c3cccc(C(F)F)c3F)nc(C)nc12. The van der Waals surface area contributed by atoms with E-state index in [-0.39, 0.29) is 22.6 Å². The molecule has 0 radical (unpaired) electrons. The van der Waals surface area contributed by atoms with Gasteiger partial charge in [0.05, 0.1) is 29.6 Å². The lowest BCUT2D eigenvalue weighted by Crippen LogP contribution is -2.32. The zero-order valence-electron chi connectivity index (χ0n) is 17.8.